The minimum atomic E-state index is -3.99. The van der Waals surface area contributed by atoms with Gasteiger partial charge in [0.05, 0.1) is 32.8 Å². The first-order valence-corrected chi connectivity index (χ1v) is 15.7. The standard InChI is InChI=1S/C24H42N3O11PS/c1-7-34-19(29)14-17(23(32)36-9-3)40-13-12-25-18(28)10-11-26-21(30)20-24(5,6)15-37-39(33,38-20)27-16(4)22(31)35-8-2/h16-17,20H,7-15H2,1-6H3,(H,25,28)(H,26,30)(H,27,33)/t16-,17?,20-,39?/m0/s1. The van der Waals surface area contributed by atoms with Crippen molar-refractivity contribution in [2.45, 2.75) is 71.8 Å². The Morgan fingerprint density at radius 1 is 0.975 bits per heavy atom. The highest BCUT2D eigenvalue weighted by atomic mass is 32.2. The summed E-state index contributed by atoms with van der Waals surface area (Å²) in [6.07, 6.45) is -1.35. The lowest BCUT2D eigenvalue weighted by Crippen LogP contribution is -2.51. The third-order valence-corrected chi connectivity index (χ3v) is 8.25. The van der Waals surface area contributed by atoms with Gasteiger partial charge in [-0.05, 0) is 27.7 Å². The second kappa shape index (κ2) is 17.6. The fourth-order valence-corrected chi connectivity index (χ4v) is 6.26. The van der Waals surface area contributed by atoms with Crippen LogP contribution in [0.5, 0.6) is 0 Å². The number of amides is 2. The Morgan fingerprint density at radius 2 is 1.60 bits per heavy atom. The van der Waals surface area contributed by atoms with Crippen molar-refractivity contribution in [3.63, 3.8) is 0 Å². The smallest absolute Gasteiger partial charge is 0.407 e. The molecular weight excluding hydrogens is 569 g/mol. The molecule has 1 aliphatic rings. The molecular formula is C24H42N3O11PS. The summed E-state index contributed by atoms with van der Waals surface area (Å²) in [6.45, 7) is 10.5. The van der Waals surface area contributed by atoms with Crippen LogP contribution < -0.4 is 15.7 Å². The number of carbonyl (C=O) groups is 5. The van der Waals surface area contributed by atoms with Crippen molar-refractivity contribution in [1.82, 2.24) is 15.7 Å². The topological polar surface area (TPSA) is 185 Å². The van der Waals surface area contributed by atoms with E-state index in [1.165, 1.54) is 18.7 Å². The molecule has 0 spiro atoms. The van der Waals surface area contributed by atoms with Crippen LogP contribution in [0, 0.1) is 5.41 Å². The quantitative estimate of drug-likeness (QED) is 0.0927. The zero-order chi connectivity index (χ0) is 30.3. The van der Waals surface area contributed by atoms with Gasteiger partial charge in [-0.25, -0.2) is 9.65 Å². The molecule has 0 aliphatic carbocycles. The Labute approximate surface area is 239 Å². The molecule has 230 valence electrons. The Balaban J connectivity index is 2.52. The number of rotatable bonds is 17. The maximum absolute atomic E-state index is 13.0. The average molecular weight is 612 g/mol. The van der Waals surface area contributed by atoms with Gasteiger partial charge in [-0.3, -0.25) is 33.0 Å². The minimum Gasteiger partial charge on any atom is -0.466 e. The summed E-state index contributed by atoms with van der Waals surface area (Å²) in [5.41, 5.74) is -0.842. The van der Waals surface area contributed by atoms with Gasteiger partial charge in [-0.2, -0.15) is 0 Å². The van der Waals surface area contributed by atoms with Gasteiger partial charge in [-0.1, -0.05) is 13.8 Å². The molecule has 0 radical (unpaired) electrons. The maximum Gasteiger partial charge on any atom is 0.407 e. The summed E-state index contributed by atoms with van der Waals surface area (Å²) in [5.74, 6) is -2.26. The van der Waals surface area contributed by atoms with Crippen molar-refractivity contribution in [3.8, 4) is 0 Å². The van der Waals surface area contributed by atoms with Crippen LogP contribution in [-0.4, -0.2) is 92.4 Å². The van der Waals surface area contributed by atoms with Gasteiger partial charge < -0.3 is 24.8 Å². The van der Waals surface area contributed by atoms with Crippen molar-refractivity contribution in [1.29, 1.82) is 0 Å². The van der Waals surface area contributed by atoms with Crippen LogP contribution in [-0.2, 0) is 51.8 Å². The van der Waals surface area contributed by atoms with Crippen molar-refractivity contribution < 1.29 is 51.8 Å². The van der Waals surface area contributed by atoms with E-state index >= 15 is 0 Å². The van der Waals surface area contributed by atoms with Gasteiger partial charge in [0.25, 0.3) is 0 Å². The summed E-state index contributed by atoms with van der Waals surface area (Å²) in [4.78, 5) is 60.8. The van der Waals surface area contributed by atoms with Crippen LogP contribution >= 0.6 is 19.5 Å². The molecule has 2 unspecified atom stereocenters. The lowest BCUT2D eigenvalue weighted by molar-refractivity contribution is -0.149. The number of thioether (sulfide) groups is 1. The lowest BCUT2D eigenvalue weighted by atomic mass is 9.87. The van der Waals surface area contributed by atoms with E-state index in [-0.39, 0.29) is 58.3 Å². The Bertz CT molecular complexity index is 934. The second-order valence-electron chi connectivity index (χ2n) is 9.36. The van der Waals surface area contributed by atoms with E-state index in [0.29, 0.717) is 5.75 Å². The Morgan fingerprint density at radius 3 is 2.23 bits per heavy atom. The molecule has 0 aromatic carbocycles. The fraction of sp³-hybridized carbons (Fsp3) is 0.792. The fourth-order valence-electron chi connectivity index (χ4n) is 3.36. The summed E-state index contributed by atoms with van der Waals surface area (Å²) in [7, 11) is -3.99. The van der Waals surface area contributed by atoms with E-state index < -0.39 is 54.4 Å². The SMILES string of the molecule is CCOC(=O)CC(SCCNC(=O)CCNC(=O)[C@@H]1OP(=O)(N[C@@H](C)C(=O)OCC)OCC1(C)C)C(=O)OCC. The van der Waals surface area contributed by atoms with E-state index in [9.17, 15) is 28.5 Å². The van der Waals surface area contributed by atoms with Crippen LogP contribution in [0.25, 0.3) is 0 Å². The molecule has 1 rings (SSSR count). The summed E-state index contributed by atoms with van der Waals surface area (Å²) in [6, 6.07) is -0.990. The van der Waals surface area contributed by atoms with E-state index in [0.717, 1.165) is 0 Å². The number of hydrogen-bond donors (Lipinski definition) is 3. The average Bonchev–Trinajstić information content (AvgIpc) is 2.87. The Kier molecular flexibility index (Phi) is 15.8. The van der Waals surface area contributed by atoms with Gasteiger partial charge in [0.1, 0.15) is 11.3 Å². The molecule has 0 aromatic heterocycles. The predicted molar refractivity (Wildman–Crippen MR) is 146 cm³/mol. The first-order valence-electron chi connectivity index (χ1n) is 13.1. The van der Waals surface area contributed by atoms with Gasteiger partial charge in [0.2, 0.25) is 11.8 Å². The first-order chi connectivity index (χ1) is 18.8. The normalized spacial score (nSPS) is 21.4. The summed E-state index contributed by atoms with van der Waals surface area (Å²) < 4.78 is 38.7. The molecule has 1 heterocycles. The van der Waals surface area contributed by atoms with Crippen molar-refractivity contribution >= 4 is 49.2 Å². The zero-order valence-corrected chi connectivity index (χ0v) is 25.7. The first kappa shape index (κ1) is 35.8. The number of carbonyl (C=O) groups excluding carboxylic acids is 5. The lowest BCUT2D eigenvalue weighted by Gasteiger charge is -2.40. The molecule has 1 aliphatic heterocycles. The van der Waals surface area contributed by atoms with Gasteiger partial charge in [-0.15, -0.1) is 11.8 Å². The van der Waals surface area contributed by atoms with Crippen LogP contribution in [0.15, 0.2) is 0 Å². The minimum absolute atomic E-state index is 0.0140. The van der Waals surface area contributed by atoms with E-state index in [1.807, 2.05) is 0 Å². The highest BCUT2D eigenvalue weighted by molar-refractivity contribution is 8.00. The van der Waals surface area contributed by atoms with Crippen LogP contribution in [0.4, 0.5) is 0 Å². The van der Waals surface area contributed by atoms with Gasteiger partial charge >= 0.3 is 25.7 Å². The maximum atomic E-state index is 13.0. The van der Waals surface area contributed by atoms with E-state index in [1.54, 1.807) is 34.6 Å². The van der Waals surface area contributed by atoms with E-state index in [4.69, 9.17) is 23.3 Å². The summed E-state index contributed by atoms with van der Waals surface area (Å²) in [5, 5.41) is 7.02. The molecule has 3 N–H and O–H groups in total. The molecule has 0 saturated carbocycles. The van der Waals surface area contributed by atoms with Crippen LogP contribution in [0.1, 0.15) is 54.4 Å². The molecule has 16 heteroatoms. The zero-order valence-electron chi connectivity index (χ0n) is 23.9. The number of esters is 3. The van der Waals surface area contributed by atoms with Crippen molar-refractivity contribution in [2.24, 2.45) is 5.41 Å². The van der Waals surface area contributed by atoms with Crippen LogP contribution in [0.2, 0.25) is 0 Å². The van der Waals surface area contributed by atoms with Gasteiger partial charge in [0, 0.05) is 30.7 Å². The summed E-state index contributed by atoms with van der Waals surface area (Å²) >= 11 is 1.17. The molecule has 14 nitrogen and oxygen atoms in total. The largest absolute Gasteiger partial charge is 0.466 e. The van der Waals surface area contributed by atoms with E-state index in [2.05, 4.69) is 15.7 Å². The van der Waals surface area contributed by atoms with Crippen LogP contribution in [0.3, 0.4) is 0 Å². The molecule has 2 amide bonds. The molecule has 40 heavy (non-hydrogen) atoms. The Hall–Kier alpha value is -2.19. The molecule has 1 fully saturated rings. The molecule has 0 bridgehead atoms. The third-order valence-electron chi connectivity index (χ3n) is 5.39. The molecule has 4 atom stereocenters. The van der Waals surface area contributed by atoms with Crippen molar-refractivity contribution in [3.05, 3.63) is 0 Å². The van der Waals surface area contributed by atoms with Gasteiger partial charge in [0.15, 0.2) is 6.10 Å². The highest BCUT2D eigenvalue weighted by Crippen LogP contribution is 2.53. The number of hydrogen-bond acceptors (Lipinski definition) is 12. The predicted octanol–water partition coefficient (Wildman–Crippen LogP) is 1.32. The monoisotopic (exact) mass is 611 g/mol. The van der Waals surface area contributed by atoms with Crippen molar-refractivity contribution in [2.75, 3.05) is 45.3 Å². The molecule has 1 saturated heterocycles. The third kappa shape index (κ3) is 12.5. The number of ether oxygens (including phenoxy) is 3. The number of nitrogens with one attached hydrogen (secondary N) is 3. The molecule has 0 aromatic rings. The second-order valence-corrected chi connectivity index (χ2v) is 12.4. The highest BCUT2D eigenvalue weighted by Gasteiger charge is 2.49.